The molecule has 0 N–H and O–H groups in total. The fourth-order valence-electron chi connectivity index (χ4n) is 3.00. The van der Waals surface area contributed by atoms with Crippen LogP contribution in [0.1, 0.15) is 44.9 Å². The van der Waals surface area contributed by atoms with Gasteiger partial charge in [-0.15, -0.1) is 0 Å². The normalized spacial score (nSPS) is 23.8. The summed E-state index contributed by atoms with van der Waals surface area (Å²) < 4.78 is 5.26. The van der Waals surface area contributed by atoms with Crippen LogP contribution < -0.4 is 0 Å². The van der Waals surface area contributed by atoms with E-state index in [1.807, 2.05) is 9.80 Å². The number of amides is 2. The summed E-state index contributed by atoms with van der Waals surface area (Å²) in [7, 11) is 1.68. The lowest BCUT2D eigenvalue weighted by molar-refractivity contribution is -0.136. The van der Waals surface area contributed by atoms with E-state index in [4.69, 9.17) is 4.74 Å². The lowest BCUT2D eigenvalue weighted by atomic mass is 10.2. The Hall–Kier alpha value is -1.10. The van der Waals surface area contributed by atoms with Gasteiger partial charge in [-0.25, -0.2) is 0 Å². The molecule has 2 amide bonds. The quantitative estimate of drug-likeness (QED) is 0.783. The van der Waals surface area contributed by atoms with Crippen molar-refractivity contribution in [1.29, 1.82) is 0 Å². The van der Waals surface area contributed by atoms with Gasteiger partial charge in [0.05, 0.1) is 6.10 Å². The van der Waals surface area contributed by atoms with Gasteiger partial charge in [-0.1, -0.05) is 12.8 Å². The van der Waals surface area contributed by atoms with E-state index >= 15 is 0 Å². The summed E-state index contributed by atoms with van der Waals surface area (Å²) in [6.45, 7) is 3.16. The third-order valence-corrected chi connectivity index (χ3v) is 4.34. The van der Waals surface area contributed by atoms with Crippen LogP contribution >= 0.6 is 0 Å². The van der Waals surface area contributed by atoms with Crippen molar-refractivity contribution in [3.05, 3.63) is 0 Å². The number of carbonyl (C=O) groups excluding carboxylic acids is 2. The van der Waals surface area contributed by atoms with Crippen molar-refractivity contribution in [2.75, 3.05) is 33.3 Å². The van der Waals surface area contributed by atoms with Crippen LogP contribution in [0.3, 0.4) is 0 Å². The van der Waals surface area contributed by atoms with Gasteiger partial charge in [0.1, 0.15) is 0 Å². The highest BCUT2D eigenvalue weighted by Crippen LogP contribution is 2.15. The average Bonchev–Trinajstić information content (AvgIpc) is 2.78. The van der Waals surface area contributed by atoms with E-state index in [9.17, 15) is 9.59 Å². The molecule has 0 aromatic heterocycles. The Balaban J connectivity index is 1.71. The van der Waals surface area contributed by atoms with Crippen molar-refractivity contribution in [2.24, 2.45) is 0 Å². The fourth-order valence-corrected chi connectivity index (χ4v) is 3.00. The molecule has 0 aromatic rings. The Bertz CT molecular complexity index is 338. The second-order valence-corrected chi connectivity index (χ2v) is 5.78. The second kappa shape index (κ2) is 7.62. The number of methoxy groups -OCH3 is 1. The lowest BCUT2D eigenvalue weighted by Gasteiger charge is -2.21. The molecule has 0 spiro atoms. The van der Waals surface area contributed by atoms with Crippen molar-refractivity contribution < 1.29 is 14.3 Å². The number of hydrogen-bond acceptors (Lipinski definition) is 3. The maximum Gasteiger partial charge on any atom is 0.223 e. The number of rotatable bonds is 4. The van der Waals surface area contributed by atoms with E-state index in [2.05, 4.69) is 0 Å². The van der Waals surface area contributed by atoms with Gasteiger partial charge in [-0.05, 0) is 19.3 Å². The van der Waals surface area contributed by atoms with Gasteiger partial charge in [0.15, 0.2) is 0 Å². The summed E-state index contributed by atoms with van der Waals surface area (Å²) in [5.41, 5.74) is 0. The van der Waals surface area contributed by atoms with Gasteiger partial charge in [-0.2, -0.15) is 0 Å². The van der Waals surface area contributed by atoms with E-state index in [1.54, 1.807) is 7.11 Å². The molecule has 0 radical (unpaired) electrons. The molecule has 5 nitrogen and oxygen atoms in total. The number of hydrogen-bond donors (Lipinski definition) is 0. The van der Waals surface area contributed by atoms with Crippen LogP contribution in [-0.4, -0.2) is 61.0 Å². The third kappa shape index (κ3) is 4.20. The van der Waals surface area contributed by atoms with Crippen molar-refractivity contribution >= 4 is 11.8 Å². The molecular formula is C15H26N2O3. The van der Waals surface area contributed by atoms with Crippen LogP contribution in [0.4, 0.5) is 0 Å². The van der Waals surface area contributed by atoms with Gasteiger partial charge >= 0.3 is 0 Å². The zero-order chi connectivity index (χ0) is 14.4. The molecule has 0 aromatic carbocycles. The highest BCUT2D eigenvalue weighted by molar-refractivity contribution is 5.84. The number of carbonyl (C=O) groups is 2. The zero-order valence-corrected chi connectivity index (χ0v) is 12.5. The predicted octanol–water partition coefficient (Wildman–Crippen LogP) is 1.42. The first-order chi connectivity index (χ1) is 9.70. The largest absolute Gasteiger partial charge is 0.380 e. The Labute approximate surface area is 121 Å². The maximum absolute atomic E-state index is 12.1. The molecule has 114 valence electrons. The molecule has 0 aliphatic carbocycles. The van der Waals surface area contributed by atoms with Gasteiger partial charge in [0.25, 0.3) is 0 Å². The van der Waals surface area contributed by atoms with E-state index in [-0.39, 0.29) is 17.9 Å². The molecule has 0 bridgehead atoms. The van der Waals surface area contributed by atoms with E-state index in [1.165, 1.54) is 12.8 Å². The van der Waals surface area contributed by atoms with E-state index in [0.717, 1.165) is 38.9 Å². The molecule has 2 heterocycles. The van der Waals surface area contributed by atoms with Crippen LogP contribution in [-0.2, 0) is 14.3 Å². The molecule has 2 rings (SSSR count). The van der Waals surface area contributed by atoms with Crippen LogP contribution in [0, 0.1) is 0 Å². The molecule has 20 heavy (non-hydrogen) atoms. The van der Waals surface area contributed by atoms with Gasteiger partial charge in [0.2, 0.25) is 11.8 Å². The van der Waals surface area contributed by atoms with Gasteiger partial charge < -0.3 is 14.5 Å². The van der Waals surface area contributed by atoms with Crippen molar-refractivity contribution in [3.8, 4) is 0 Å². The molecule has 2 aliphatic rings. The first-order valence-electron chi connectivity index (χ1n) is 7.79. The first-order valence-corrected chi connectivity index (χ1v) is 7.79. The van der Waals surface area contributed by atoms with Gasteiger partial charge in [-0.3, -0.25) is 9.59 Å². The summed E-state index contributed by atoms with van der Waals surface area (Å²) >= 11 is 0. The molecule has 5 heteroatoms. The first kappa shape index (κ1) is 15.3. The molecule has 0 saturated carbocycles. The molecule has 2 fully saturated rings. The topological polar surface area (TPSA) is 49.9 Å². The van der Waals surface area contributed by atoms with Gasteiger partial charge in [0, 0.05) is 46.1 Å². The summed E-state index contributed by atoms with van der Waals surface area (Å²) in [6, 6.07) is 0. The van der Waals surface area contributed by atoms with Crippen LogP contribution in [0.5, 0.6) is 0 Å². The maximum atomic E-state index is 12.1. The summed E-state index contributed by atoms with van der Waals surface area (Å²) in [6.07, 6.45) is 6.40. The summed E-state index contributed by atoms with van der Waals surface area (Å²) in [5, 5.41) is 0. The van der Waals surface area contributed by atoms with Crippen LogP contribution in [0.15, 0.2) is 0 Å². The Morgan fingerprint density at radius 2 is 1.55 bits per heavy atom. The molecule has 2 saturated heterocycles. The minimum absolute atomic E-state index is 0.0905. The molecule has 2 aliphatic heterocycles. The van der Waals surface area contributed by atoms with Crippen molar-refractivity contribution in [2.45, 2.75) is 51.0 Å². The number of ether oxygens (including phenoxy) is 1. The second-order valence-electron chi connectivity index (χ2n) is 5.78. The lowest BCUT2D eigenvalue weighted by Crippen LogP contribution is -2.34. The summed E-state index contributed by atoms with van der Waals surface area (Å²) in [5.74, 6) is 0.232. The standard InChI is InChI=1S/C15H26N2O3/c1-20-13-8-11-17(12-13)15(19)7-6-14(18)16-9-4-2-3-5-10-16/h13H,2-12H2,1H3/t13-/m0/s1. The van der Waals surface area contributed by atoms with Crippen LogP contribution in [0.25, 0.3) is 0 Å². The SMILES string of the molecule is CO[C@H]1CCN(C(=O)CCC(=O)N2CCCCCC2)C1. The fraction of sp³-hybridized carbons (Fsp3) is 0.867. The minimum Gasteiger partial charge on any atom is -0.380 e. The predicted molar refractivity (Wildman–Crippen MR) is 76.3 cm³/mol. The molecular weight excluding hydrogens is 256 g/mol. The number of nitrogens with zero attached hydrogens (tertiary/aromatic N) is 2. The Morgan fingerprint density at radius 3 is 2.10 bits per heavy atom. The Morgan fingerprint density at radius 1 is 0.950 bits per heavy atom. The smallest absolute Gasteiger partial charge is 0.223 e. The highest BCUT2D eigenvalue weighted by atomic mass is 16.5. The average molecular weight is 282 g/mol. The van der Waals surface area contributed by atoms with Crippen molar-refractivity contribution in [1.82, 2.24) is 9.80 Å². The number of likely N-dealkylation sites (tertiary alicyclic amines) is 2. The van der Waals surface area contributed by atoms with E-state index < -0.39 is 0 Å². The highest BCUT2D eigenvalue weighted by Gasteiger charge is 2.26. The minimum atomic E-state index is 0.0905. The Kier molecular flexibility index (Phi) is 5.83. The van der Waals surface area contributed by atoms with E-state index in [0.29, 0.717) is 19.4 Å². The molecule has 1 atom stereocenters. The van der Waals surface area contributed by atoms with Crippen molar-refractivity contribution in [3.63, 3.8) is 0 Å². The third-order valence-electron chi connectivity index (χ3n) is 4.34. The summed E-state index contributed by atoms with van der Waals surface area (Å²) in [4.78, 5) is 27.9. The zero-order valence-electron chi connectivity index (χ0n) is 12.5. The van der Waals surface area contributed by atoms with Crippen LogP contribution in [0.2, 0.25) is 0 Å². The molecule has 0 unspecified atom stereocenters. The monoisotopic (exact) mass is 282 g/mol.